The zero-order valence-electron chi connectivity index (χ0n) is 13.8. The van der Waals surface area contributed by atoms with Crippen LogP contribution in [0.5, 0.6) is 17.2 Å². The molecule has 25 heavy (non-hydrogen) atoms. The van der Waals surface area contributed by atoms with Crippen LogP contribution in [0.4, 0.5) is 5.69 Å². The highest BCUT2D eigenvalue weighted by Crippen LogP contribution is 2.36. The number of carbonyl (C=O) groups is 2. The van der Waals surface area contributed by atoms with Crippen molar-refractivity contribution >= 4 is 33.5 Å². The van der Waals surface area contributed by atoms with Gasteiger partial charge in [-0.1, -0.05) is 6.07 Å². The molecule has 1 amide bonds. The molecule has 8 heteroatoms. The number of ether oxygens (including phenoxy) is 3. The molecule has 2 N–H and O–H groups in total. The molecule has 0 bridgehead atoms. The number of anilines is 1. The largest absolute Gasteiger partial charge is 0.505 e. The van der Waals surface area contributed by atoms with E-state index < -0.39 is 11.9 Å². The van der Waals surface area contributed by atoms with E-state index in [0.29, 0.717) is 16.0 Å². The van der Waals surface area contributed by atoms with Crippen LogP contribution in [0.15, 0.2) is 34.8 Å². The quantitative estimate of drug-likeness (QED) is 0.581. The fourth-order valence-corrected chi connectivity index (χ4v) is 2.67. The van der Waals surface area contributed by atoms with E-state index in [2.05, 4.69) is 26.0 Å². The molecule has 0 aliphatic rings. The summed E-state index contributed by atoms with van der Waals surface area (Å²) in [6.45, 7) is 0. The van der Waals surface area contributed by atoms with Crippen molar-refractivity contribution in [2.75, 3.05) is 26.6 Å². The van der Waals surface area contributed by atoms with Gasteiger partial charge in [-0.15, -0.1) is 0 Å². The smallest absolute Gasteiger partial charge is 0.341 e. The second-order valence-corrected chi connectivity index (χ2v) is 5.64. The third-order valence-corrected chi connectivity index (χ3v) is 4.18. The van der Waals surface area contributed by atoms with E-state index in [1.807, 2.05) is 0 Å². The molecular formula is C17H16BrNO6. The summed E-state index contributed by atoms with van der Waals surface area (Å²) in [7, 11) is 4.13. The lowest BCUT2D eigenvalue weighted by atomic mass is 10.1. The van der Waals surface area contributed by atoms with Crippen molar-refractivity contribution < 1.29 is 28.9 Å². The molecule has 0 saturated carbocycles. The number of rotatable bonds is 5. The Morgan fingerprint density at radius 3 is 2.20 bits per heavy atom. The van der Waals surface area contributed by atoms with Crippen LogP contribution in [-0.4, -0.2) is 38.3 Å². The van der Waals surface area contributed by atoms with Crippen LogP contribution in [0.25, 0.3) is 0 Å². The van der Waals surface area contributed by atoms with Crippen molar-refractivity contribution in [2.24, 2.45) is 0 Å². The van der Waals surface area contributed by atoms with Crippen molar-refractivity contribution in [1.82, 2.24) is 0 Å². The summed E-state index contributed by atoms with van der Waals surface area (Å²) in [5.41, 5.74) is 0.278. The third-order valence-electron chi connectivity index (χ3n) is 3.40. The standard InChI is InChI=1S/C17H16BrNO6/c1-23-12-7-9(8-13(24-2)14(12)18)16(21)19-11-6-4-5-10(15(11)20)17(22)25-3/h4-8,20H,1-3H3,(H,19,21). The van der Waals surface area contributed by atoms with Crippen LogP contribution in [-0.2, 0) is 4.74 Å². The number of para-hydroxylation sites is 1. The lowest BCUT2D eigenvalue weighted by Crippen LogP contribution is -2.13. The highest BCUT2D eigenvalue weighted by atomic mass is 79.9. The molecule has 132 valence electrons. The van der Waals surface area contributed by atoms with Crippen molar-refractivity contribution in [3.8, 4) is 17.2 Å². The highest BCUT2D eigenvalue weighted by molar-refractivity contribution is 9.10. The normalized spacial score (nSPS) is 10.1. The maximum atomic E-state index is 12.5. The van der Waals surface area contributed by atoms with E-state index >= 15 is 0 Å². The monoisotopic (exact) mass is 409 g/mol. The van der Waals surface area contributed by atoms with Gasteiger partial charge in [0.1, 0.15) is 21.5 Å². The van der Waals surface area contributed by atoms with E-state index in [0.717, 1.165) is 0 Å². The molecule has 0 unspecified atom stereocenters. The zero-order chi connectivity index (χ0) is 18.6. The van der Waals surface area contributed by atoms with Crippen LogP contribution < -0.4 is 14.8 Å². The number of hydrogen-bond acceptors (Lipinski definition) is 6. The van der Waals surface area contributed by atoms with Gasteiger partial charge in [-0.05, 0) is 40.2 Å². The first-order chi connectivity index (χ1) is 11.9. The van der Waals surface area contributed by atoms with E-state index in [1.165, 1.54) is 51.7 Å². The Bertz CT molecular complexity index is 796. The second-order valence-electron chi connectivity index (χ2n) is 4.84. The SMILES string of the molecule is COC(=O)c1cccc(NC(=O)c2cc(OC)c(Br)c(OC)c2)c1O. The fraction of sp³-hybridized carbons (Fsp3) is 0.176. The van der Waals surface area contributed by atoms with Gasteiger partial charge in [-0.2, -0.15) is 0 Å². The lowest BCUT2D eigenvalue weighted by Gasteiger charge is -2.13. The predicted molar refractivity (Wildman–Crippen MR) is 94.6 cm³/mol. The van der Waals surface area contributed by atoms with Gasteiger partial charge in [0.25, 0.3) is 5.91 Å². The number of nitrogens with one attached hydrogen (secondary N) is 1. The minimum absolute atomic E-state index is 0.0498. The summed E-state index contributed by atoms with van der Waals surface area (Å²) in [5, 5.41) is 12.7. The van der Waals surface area contributed by atoms with Gasteiger partial charge in [-0.3, -0.25) is 4.79 Å². The summed E-state index contributed by atoms with van der Waals surface area (Å²) < 4.78 is 15.6. The number of methoxy groups -OCH3 is 3. The topological polar surface area (TPSA) is 94.1 Å². The third kappa shape index (κ3) is 3.85. The number of phenolic OH excluding ortho intramolecular Hbond substituents is 1. The van der Waals surface area contributed by atoms with Crippen molar-refractivity contribution in [1.29, 1.82) is 0 Å². The fourth-order valence-electron chi connectivity index (χ4n) is 2.11. The predicted octanol–water partition coefficient (Wildman–Crippen LogP) is 3.21. The number of halogens is 1. The Labute approximate surface area is 152 Å². The molecule has 0 radical (unpaired) electrons. The van der Waals surface area contributed by atoms with Crippen LogP contribution >= 0.6 is 15.9 Å². The summed E-state index contributed by atoms with van der Waals surface area (Å²) in [6.07, 6.45) is 0. The maximum Gasteiger partial charge on any atom is 0.341 e. The van der Waals surface area contributed by atoms with Gasteiger partial charge in [0, 0.05) is 5.56 Å². The minimum Gasteiger partial charge on any atom is -0.505 e. The molecule has 7 nitrogen and oxygen atoms in total. The highest BCUT2D eigenvalue weighted by Gasteiger charge is 2.18. The van der Waals surface area contributed by atoms with Crippen molar-refractivity contribution in [3.63, 3.8) is 0 Å². The summed E-state index contributed by atoms with van der Waals surface area (Å²) in [5.74, 6) is -0.769. The molecule has 0 atom stereocenters. The molecule has 0 aliphatic carbocycles. The number of aromatic hydroxyl groups is 1. The summed E-state index contributed by atoms with van der Waals surface area (Å²) in [4.78, 5) is 24.1. The van der Waals surface area contributed by atoms with E-state index in [4.69, 9.17) is 9.47 Å². The van der Waals surface area contributed by atoms with E-state index in [-0.39, 0.29) is 22.6 Å². The van der Waals surface area contributed by atoms with E-state index in [9.17, 15) is 14.7 Å². The first-order valence-electron chi connectivity index (χ1n) is 7.06. The van der Waals surface area contributed by atoms with Crippen LogP contribution in [0.3, 0.4) is 0 Å². The lowest BCUT2D eigenvalue weighted by molar-refractivity contribution is 0.0597. The van der Waals surface area contributed by atoms with Crippen LogP contribution in [0.1, 0.15) is 20.7 Å². The molecule has 0 heterocycles. The van der Waals surface area contributed by atoms with Crippen LogP contribution in [0.2, 0.25) is 0 Å². The molecule has 2 aromatic rings. The summed E-state index contributed by atoms with van der Waals surface area (Å²) in [6, 6.07) is 7.41. The Kier molecular flexibility index (Phi) is 5.87. The first kappa shape index (κ1) is 18.6. The first-order valence-corrected chi connectivity index (χ1v) is 7.85. The molecule has 2 rings (SSSR count). The van der Waals surface area contributed by atoms with Gasteiger partial charge in [0.05, 0.1) is 27.0 Å². The molecule has 0 aromatic heterocycles. The number of benzene rings is 2. The maximum absolute atomic E-state index is 12.5. The van der Waals surface area contributed by atoms with Gasteiger partial charge < -0.3 is 24.6 Å². The van der Waals surface area contributed by atoms with Crippen molar-refractivity contribution in [3.05, 3.63) is 45.9 Å². The average Bonchev–Trinajstić information content (AvgIpc) is 2.62. The number of carbonyl (C=O) groups excluding carboxylic acids is 2. The molecular weight excluding hydrogens is 394 g/mol. The molecule has 0 fully saturated rings. The van der Waals surface area contributed by atoms with Gasteiger partial charge in [0.15, 0.2) is 5.75 Å². The van der Waals surface area contributed by atoms with Gasteiger partial charge >= 0.3 is 5.97 Å². The van der Waals surface area contributed by atoms with Crippen molar-refractivity contribution in [2.45, 2.75) is 0 Å². The Hall–Kier alpha value is -2.74. The zero-order valence-corrected chi connectivity index (χ0v) is 15.3. The Morgan fingerprint density at radius 1 is 1.08 bits per heavy atom. The summed E-state index contributed by atoms with van der Waals surface area (Å²) >= 11 is 3.32. The van der Waals surface area contributed by atoms with E-state index in [1.54, 1.807) is 0 Å². The second kappa shape index (κ2) is 7.89. The molecule has 0 aliphatic heterocycles. The van der Waals surface area contributed by atoms with Gasteiger partial charge in [-0.25, -0.2) is 4.79 Å². The molecule has 0 saturated heterocycles. The van der Waals surface area contributed by atoms with Crippen LogP contribution in [0, 0.1) is 0 Å². The number of phenols is 1. The molecule has 2 aromatic carbocycles. The Balaban J connectivity index is 2.36. The number of hydrogen-bond donors (Lipinski definition) is 2. The number of amides is 1. The molecule has 0 spiro atoms. The number of esters is 1. The average molecular weight is 410 g/mol. The Morgan fingerprint density at radius 2 is 1.68 bits per heavy atom. The minimum atomic E-state index is -0.708. The van der Waals surface area contributed by atoms with Gasteiger partial charge in [0.2, 0.25) is 0 Å².